The monoisotopic (exact) mass is 249 g/mol. The zero-order valence-electron chi connectivity index (χ0n) is 8.59. The molecule has 0 rings (SSSR count). The van der Waals surface area contributed by atoms with Crippen LogP contribution in [-0.2, 0) is 15.8 Å². The van der Waals surface area contributed by atoms with E-state index in [2.05, 4.69) is 4.72 Å². The van der Waals surface area contributed by atoms with Crippen molar-refractivity contribution in [2.24, 2.45) is 0 Å². The Morgan fingerprint density at radius 3 is 1.87 bits per heavy atom. The zero-order valence-corrected chi connectivity index (χ0v) is 9.41. The lowest BCUT2D eigenvalue weighted by Crippen LogP contribution is -2.23. The number of hydrogen-bond donors (Lipinski definition) is 2. The molecule has 1 atom stereocenters. The van der Waals surface area contributed by atoms with E-state index in [1.54, 1.807) is 0 Å². The number of nitrogens with one attached hydrogen (secondary N) is 1. The SMILES string of the molecule is CCNS(=O)C(C)C.O=C(O)C(F)(F)F. The number of halogens is 3. The summed E-state index contributed by atoms with van der Waals surface area (Å²) in [4.78, 5) is 8.90. The van der Waals surface area contributed by atoms with Crippen LogP contribution in [0.25, 0.3) is 0 Å². The van der Waals surface area contributed by atoms with Gasteiger partial charge in [-0.25, -0.2) is 13.7 Å². The van der Waals surface area contributed by atoms with Crippen molar-refractivity contribution in [1.82, 2.24) is 4.72 Å². The Kier molecular flexibility index (Phi) is 8.54. The fourth-order valence-corrected chi connectivity index (χ4v) is 0.927. The van der Waals surface area contributed by atoms with Crippen LogP contribution in [0.2, 0.25) is 0 Å². The molecular weight excluding hydrogens is 235 g/mol. The molecule has 92 valence electrons. The van der Waals surface area contributed by atoms with Crippen molar-refractivity contribution in [2.45, 2.75) is 32.2 Å². The number of carboxylic acids is 1. The Bertz CT molecular complexity index is 218. The van der Waals surface area contributed by atoms with E-state index >= 15 is 0 Å². The molecule has 0 aromatic carbocycles. The quantitative estimate of drug-likeness (QED) is 0.792. The number of rotatable bonds is 3. The average molecular weight is 249 g/mol. The van der Waals surface area contributed by atoms with Gasteiger partial charge < -0.3 is 5.11 Å². The van der Waals surface area contributed by atoms with E-state index in [4.69, 9.17) is 9.90 Å². The van der Waals surface area contributed by atoms with Crippen LogP contribution in [0, 0.1) is 0 Å². The summed E-state index contributed by atoms with van der Waals surface area (Å²) in [7, 11) is -0.822. The number of hydrogen-bond acceptors (Lipinski definition) is 2. The molecule has 0 fully saturated rings. The van der Waals surface area contributed by atoms with Gasteiger partial charge in [0.2, 0.25) is 0 Å². The minimum Gasteiger partial charge on any atom is -0.475 e. The van der Waals surface area contributed by atoms with Gasteiger partial charge in [-0.2, -0.15) is 13.2 Å². The first-order valence-electron chi connectivity index (χ1n) is 4.07. The highest BCUT2D eigenvalue weighted by Crippen LogP contribution is 2.13. The summed E-state index contributed by atoms with van der Waals surface area (Å²) in [6.45, 7) is 6.59. The van der Waals surface area contributed by atoms with E-state index in [1.165, 1.54) is 0 Å². The maximum absolute atomic E-state index is 10.7. The van der Waals surface area contributed by atoms with Gasteiger partial charge in [-0.15, -0.1) is 0 Å². The summed E-state index contributed by atoms with van der Waals surface area (Å²) >= 11 is 0. The van der Waals surface area contributed by atoms with Gasteiger partial charge in [0.25, 0.3) is 0 Å². The van der Waals surface area contributed by atoms with E-state index in [1.807, 2.05) is 20.8 Å². The predicted octanol–water partition coefficient (Wildman–Crippen LogP) is 1.30. The standard InChI is InChI=1S/C5H13NOS.C2HF3O2/c1-4-6-8(7)5(2)3;3-2(4,5)1(6)7/h5-6H,4H2,1-3H3;(H,6,7). The fraction of sp³-hybridized carbons (Fsp3) is 0.857. The summed E-state index contributed by atoms with van der Waals surface area (Å²) in [6.07, 6.45) is -5.08. The molecule has 0 saturated heterocycles. The Morgan fingerprint density at radius 2 is 1.80 bits per heavy atom. The zero-order chi connectivity index (χ0) is 12.6. The molecule has 0 bridgehead atoms. The third-order valence-electron chi connectivity index (χ3n) is 0.957. The minimum absolute atomic E-state index is 0.231. The highest BCUT2D eigenvalue weighted by molar-refractivity contribution is 7.83. The second kappa shape index (κ2) is 7.63. The number of carboxylic acid groups (broad SMARTS) is 1. The van der Waals surface area contributed by atoms with E-state index in [0.29, 0.717) is 0 Å². The summed E-state index contributed by atoms with van der Waals surface area (Å²) in [5.41, 5.74) is 0. The van der Waals surface area contributed by atoms with Crippen molar-refractivity contribution >= 4 is 17.0 Å². The lowest BCUT2D eigenvalue weighted by Gasteiger charge is -2.02. The van der Waals surface area contributed by atoms with Crippen molar-refractivity contribution < 1.29 is 27.3 Å². The lowest BCUT2D eigenvalue weighted by atomic mass is 10.6. The van der Waals surface area contributed by atoms with Crippen molar-refractivity contribution in [2.75, 3.05) is 6.54 Å². The molecule has 0 aliphatic rings. The summed E-state index contributed by atoms with van der Waals surface area (Å²) in [5, 5.41) is 7.36. The van der Waals surface area contributed by atoms with E-state index in [0.717, 1.165) is 6.54 Å². The summed E-state index contributed by atoms with van der Waals surface area (Å²) in [6, 6.07) is 0. The molecule has 0 aromatic heterocycles. The van der Waals surface area contributed by atoms with Gasteiger partial charge in [-0.3, -0.25) is 0 Å². The third-order valence-corrected chi connectivity index (χ3v) is 2.39. The minimum atomic E-state index is -5.08. The second-order valence-corrected chi connectivity index (χ2v) is 4.47. The first kappa shape index (κ1) is 16.8. The van der Waals surface area contributed by atoms with Crippen molar-refractivity contribution in [1.29, 1.82) is 0 Å². The Labute approximate surface area is 88.4 Å². The molecule has 1 unspecified atom stereocenters. The molecule has 0 aliphatic carbocycles. The van der Waals surface area contributed by atoms with Crippen LogP contribution >= 0.6 is 0 Å². The van der Waals surface area contributed by atoms with Crippen LogP contribution < -0.4 is 4.72 Å². The Hall–Kier alpha value is -0.630. The molecular formula is C7H14F3NO3S. The second-order valence-electron chi connectivity index (χ2n) is 2.65. The van der Waals surface area contributed by atoms with Crippen LogP contribution in [0.3, 0.4) is 0 Å². The van der Waals surface area contributed by atoms with Gasteiger partial charge in [0.05, 0.1) is 11.0 Å². The molecule has 0 aliphatic heterocycles. The van der Waals surface area contributed by atoms with Crippen LogP contribution in [0.15, 0.2) is 0 Å². The Balaban J connectivity index is 0. The molecule has 0 radical (unpaired) electrons. The smallest absolute Gasteiger partial charge is 0.475 e. The first-order chi connectivity index (χ1) is 6.62. The molecule has 4 nitrogen and oxygen atoms in total. The predicted molar refractivity (Wildman–Crippen MR) is 50.6 cm³/mol. The molecule has 2 N–H and O–H groups in total. The normalized spacial score (nSPS) is 13.0. The van der Waals surface area contributed by atoms with Crippen molar-refractivity contribution in [3.8, 4) is 0 Å². The van der Waals surface area contributed by atoms with Crippen molar-refractivity contribution in [3.05, 3.63) is 0 Å². The van der Waals surface area contributed by atoms with Gasteiger partial charge in [-0.1, -0.05) is 6.92 Å². The van der Waals surface area contributed by atoms with Crippen LogP contribution in [-0.4, -0.2) is 33.3 Å². The van der Waals surface area contributed by atoms with E-state index < -0.39 is 23.1 Å². The van der Waals surface area contributed by atoms with Gasteiger partial charge >= 0.3 is 12.1 Å². The van der Waals surface area contributed by atoms with Crippen molar-refractivity contribution in [3.63, 3.8) is 0 Å². The van der Waals surface area contributed by atoms with Crippen LogP contribution in [0.1, 0.15) is 20.8 Å². The fourth-order valence-electron chi connectivity index (χ4n) is 0.309. The Morgan fingerprint density at radius 1 is 1.47 bits per heavy atom. The molecule has 0 amide bonds. The highest BCUT2D eigenvalue weighted by atomic mass is 32.2. The van der Waals surface area contributed by atoms with Crippen LogP contribution in [0.5, 0.6) is 0 Å². The molecule has 15 heavy (non-hydrogen) atoms. The molecule has 0 spiro atoms. The van der Waals surface area contributed by atoms with E-state index in [9.17, 15) is 17.4 Å². The van der Waals surface area contributed by atoms with Gasteiger partial charge in [0.15, 0.2) is 0 Å². The topological polar surface area (TPSA) is 66.4 Å². The first-order valence-corrected chi connectivity index (χ1v) is 5.28. The maximum Gasteiger partial charge on any atom is 0.490 e. The molecule has 8 heteroatoms. The maximum atomic E-state index is 10.7. The molecule has 0 saturated carbocycles. The average Bonchev–Trinajstić information content (AvgIpc) is 2.03. The molecule has 0 heterocycles. The van der Waals surface area contributed by atoms with E-state index in [-0.39, 0.29) is 5.25 Å². The lowest BCUT2D eigenvalue weighted by molar-refractivity contribution is -0.192. The van der Waals surface area contributed by atoms with Crippen LogP contribution in [0.4, 0.5) is 13.2 Å². The number of alkyl halides is 3. The number of carbonyl (C=O) groups is 1. The molecule has 0 aromatic rings. The summed E-state index contributed by atoms with van der Waals surface area (Å²) < 4.78 is 45.3. The van der Waals surface area contributed by atoms with Gasteiger partial charge in [-0.05, 0) is 13.8 Å². The highest BCUT2D eigenvalue weighted by Gasteiger charge is 2.38. The van der Waals surface area contributed by atoms with Gasteiger partial charge in [0, 0.05) is 11.8 Å². The third kappa shape index (κ3) is 11.3. The van der Waals surface area contributed by atoms with Gasteiger partial charge in [0.1, 0.15) is 0 Å². The number of aliphatic carboxylic acids is 1. The summed E-state index contributed by atoms with van der Waals surface area (Å²) in [5.74, 6) is -2.76. The largest absolute Gasteiger partial charge is 0.490 e.